The van der Waals surface area contributed by atoms with Crippen LogP contribution in [0.2, 0.25) is 0 Å². The van der Waals surface area contributed by atoms with Crippen LogP contribution in [-0.2, 0) is 5.60 Å². The smallest absolute Gasteiger partial charge is 0.118 e. The number of hydrogen-bond acceptors (Lipinski definition) is 3. The minimum Gasteiger partial charge on any atom is -0.497 e. The fourth-order valence-electron chi connectivity index (χ4n) is 2.18. The van der Waals surface area contributed by atoms with Gasteiger partial charge >= 0.3 is 0 Å². The van der Waals surface area contributed by atoms with Crippen molar-refractivity contribution in [2.24, 2.45) is 0 Å². The van der Waals surface area contributed by atoms with E-state index in [4.69, 9.17) is 4.74 Å². The highest BCUT2D eigenvalue weighted by atomic mass is 16.5. The van der Waals surface area contributed by atoms with Crippen molar-refractivity contribution in [3.8, 4) is 5.75 Å². The summed E-state index contributed by atoms with van der Waals surface area (Å²) in [6.45, 7) is 1.89. The van der Waals surface area contributed by atoms with Gasteiger partial charge in [0.1, 0.15) is 5.75 Å². The summed E-state index contributed by atoms with van der Waals surface area (Å²) in [5, 5.41) is 10.6. The monoisotopic (exact) mass is 221 g/mol. The Morgan fingerprint density at radius 2 is 1.75 bits per heavy atom. The summed E-state index contributed by atoms with van der Waals surface area (Å²) in [5.74, 6) is 0.834. The number of likely N-dealkylation sites (tertiary alicyclic amines) is 1. The molecule has 0 amide bonds. The molecule has 1 fully saturated rings. The SMILES string of the molecule is COc1ccc(C2(O)CCN(C)CC2)cc1. The second-order valence-electron chi connectivity index (χ2n) is 4.56. The van der Waals surface area contributed by atoms with E-state index in [-0.39, 0.29) is 0 Å². The topological polar surface area (TPSA) is 32.7 Å². The summed E-state index contributed by atoms with van der Waals surface area (Å²) in [4.78, 5) is 2.25. The number of rotatable bonds is 2. The Bertz CT molecular complexity index is 339. The fourth-order valence-corrected chi connectivity index (χ4v) is 2.18. The third-order valence-corrected chi connectivity index (χ3v) is 3.44. The molecule has 88 valence electrons. The van der Waals surface area contributed by atoms with Crippen LogP contribution in [0.15, 0.2) is 24.3 Å². The molecule has 1 aliphatic rings. The molecule has 0 aromatic heterocycles. The summed E-state index contributed by atoms with van der Waals surface area (Å²) in [5.41, 5.74) is 0.347. The van der Waals surface area contributed by atoms with Gasteiger partial charge in [0.25, 0.3) is 0 Å². The van der Waals surface area contributed by atoms with Gasteiger partial charge in [-0.25, -0.2) is 0 Å². The van der Waals surface area contributed by atoms with Crippen LogP contribution >= 0.6 is 0 Å². The molecule has 0 bridgehead atoms. The largest absolute Gasteiger partial charge is 0.497 e. The third kappa shape index (κ3) is 2.20. The average molecular weight is 221 g/mol. The van der Waals surface area contributed by atoms with Crippen molar-refractivity contribution in [1.29, 1.82) is 0 Å². The van der Waals surface area contributed by atoms with Crippen molar-refractivity contribution < 1.29 is 9.84 Å². The second kappa shape index (κ2) is 4.44. The molecule has 3 heteroatoms. The Hall–Kier alpha value is -1.06. The van der Waals surface area contributed by atoms with Crippen LogP contribution in [0.5, 0.6) is 5.75 Å². The number of benzene rings is 1. The minimum absolute atomic E-state index is 0.654. The summed E-state index contributed by atoms with van der Waals surface area (Å²) >= 11 is 0. The lowest BCUT2D eigenvalue weighted by Crippen LogP contribution is -2.40. The van der Waals surface area contributed by atoms with Gasteiger partial charge in [0, 0.05) is 13.1 Å². The highest BCUT2D eigenvalue weighted by molar-refractivity contribution is 5.31. The molecule has 2 rings (SSSR count). The zero-order chi connectivity index (χ0) is 11.6. The lowest BCUT2D eigenvalue weighted by atomic mass is 9.84. The average Bonchev–Trinajstić information content (AvgIpc) is 2.33. The predicted molar refractivity (Wildman–Crippen MR) is 63.6 cm³/mol. The first-order valence-corrected chi connectivity index (χ1v) is 5.69. The number of nitrogens with zero attached hydrogens (tertiary/aromatic N) is 1. The van der Waals surface area contributed by atoms with E-state index in [1.54, 1.807) is 7.11 Å². The Labute approximate surface area is 96.6 Å². The molecule has 0 unspecified atom stereocenters. The maximum atomic E-state index is 10.6. The number of methoxy groups -OCH3 is 1. The first-order valence-electron chi connectivity index (χ1n) is 5.69. The molecule has 0 aliphatic carbocycles. The van der Waals surface area contributed by atoms with Gasteiger partial charge in [0.15, 0.2) is 0 Å². The predicted octanol–water partition coefficient (Wildman–Crippen LogP) is 1.61. The molecule has 1 heterocycles. The van der Waals surface area contributed by atoms with Gasteiger partial charge in [-0.3, -0.25) is 0 Å². The van der Waals surface area contributed by atoms with Gasteiger partial charge in [-0.15, -0.1) is 0 Å². The van der Waals surface area contributed by atoms with Crippen LogP contribution in [0, 0.1) is 0 Å². The summed E-state index contributed by atoms with van der Waals surface area (Å²) < 4.78 is 5.12. The van der Waals surface area contributed by atoms with Crippen molar-refractivity contribution in [1.82, 2.24) is 4.90 Å². The molecule has 1 aliphatic heterocycles. The number of piperidine rings is 1. The first kappa shape index (κ1) is 11.4. The van der Waals surface area contributed by atoms with E-state index in [9.17, 15) is 5.11 Å². The number of ether oxygens (including phenoxy) is 1. The highest BCUT2D eigenvalue weighted by Crippen LogP contribution is 2.33. The molecule has 1 aromatic carbocycles. The van der Waals surface area contributed by atoms with Crippen LogP contribution in [0.3, 0.4) is 0 Å². The Morgan fingerprint density at radius 3 is 2.25 bits per heavy atom. The zero-order valence-corrected chi connectivity index (χ0v) is 9.94. The summed E-state index contributed by atoms with van der Waals surface area (Å²) in [6, 6.07) is 7.74. The molecule has 3 nitrogen and oxygen atoms in total. The Balaban J connectivity index is 2.16. The van der Waals surface area contributed by atoms with Crippen molar-refractivity contribution in [3.05, 3.63) is 29.8 Å². The maximum Gasteiger partial charge on any atom is 0.118 e. The lowest BCUT2D eigenvalue weighted by molar-refractivity contribution is -0.0203. The molecule has 0 saturated carbocycles. The number of aliphatic hydroxyl groups is 1. The van der Waals surface area contributed by atoms with Gasteiger partial charge in [-0.05, 0) is 37.6 Å². The molecule has 16 heavy (non-hydrogen) atoms. The van der Waals surface area contributed by atoms with Gasteiger partial charge < -0.3 is 14.7 Å². The van der Waals surface area contributed by atoms with E-state index in [0.29, 0.717) is 0 Å². The summed E-state index contributed by atoms with van der Waals surface area (Å²) in [6.07, 6.45) is 1.60. The molecule has 0 spiro atoms. The van der Waals surface area contributed by atoms with E-state index >= 15 is 0 Å². The van der Waals surface area contributed by atoms with E-state index in [1.807, 2.05) is 24.3 Å². The van der Waals surface area contributed by atoms with Crippen molar-refractivity contribution in [3.63, 3.8) is 0 Å². The van der Waals surface area contributed by atoms with Crippen LogP contribution in [0.25, 0.3) is 0 Å². The Morgan fingerprint density at radius 1 is 1.19 bits per heavy atom. The second-order valence-corrected chi connectivity index (χ2v) is 4.56. The van der Waals surface area contributed by atoms with Crippen LogP contribution in [-0.4, -0.2) is 37.3 Å². The van der Waals surface area contributed by atoms with E-state index in [1.165, 1.54) is 0 Å². The highest BCUT2D eigenvalue weighted by Gasteiger charge is 2.32. The van der Waals surface area contributed by atoms with Gasteiger partial charge in [-0.1, -0.05) is 12.1 Å². The van der Waals surface area contributed by atoms with E-state index in [2.05, 4.69) is 11.9 Å². The first-order chi connectivity index (χ1) is 7.64. The van der Waals surface area contributed by atoms with E-state index < -0.39 is 5.60 Å². The Kier molecular flexibility index (Phi) is 3.17. The molecule has 1 N–H and O–H groups in total. The minimum atomic E-state index is -0.654. The van der Waals surface area contributed by atoms with Crippen LogP contribution in [0.4, 0.5) is 0 Å². The zero-order valence-electron chi connectivity index (χ0n) is 9.94. The lowest BCUT2D eigenvalue weighted by Gasteiger charge is -2.36. The molecule has 0 radical (unpaired) electrons. The van der Waals surface area contributed by atoms with Gasteiger partial charge in [0.2, 0.25) is 0 Å². The maximum absolute atomic E-state index is 10.6. The summed E-state index contributed by atoms with van der Waals surface area (Å²) in [7, 11) is 3.74. The standard InChI is InChI=1S/C13H19NO2/c1-14-9-7-13(15,8-10-14)11-3-5-12(16-2)6-4-11/h3-6,15H,7-10H2,1-2H3. The van der Waals surface area contributed by atoms with Crippen molar-refractivity contribution in [2.45, 2.75) is 18.4 Å². The molecule has 1 saturated heterocycles. The van der Waals surface area contributed by atoms with Crippen molar-refractivity contribution in [2.75, 3.05) is 27.2 Å². The number of hydrogen-bond donors (Lipinski definition) is 1. The molecule has 0 atom stereocenters. The van der Waals surface area contributed by atoms with Crippen LogP contribution < -0.4 is 4.74 Å². The van der Waals surface area contributed by atoms with E-state index in [0.717, 1.165) is 37.2 Å². The third-order valence-electron chi connectivity index (χ3n) is 3.44. The molecule has 1 aromatic rings. The van der Waals surface area contributed by atoms with Crippen molar-refractivity contribution >= 4 is 0 Å². The van der Waals surface area contributed by atoms with Crippen LogP contribution in [0.1, 0.15) is 18.4 Å². The fraction of sp³-hybridized carbons (Fsp3) is 0.538. The van der Waals surface area contributed by atoms with Gasteiger partial charge in [-0.2, -0.15) is 0 Å². The quantitative estimate of drug-likeness (QED) is 0.823. The van der Waals surface area contributed by atoms with Gasteiger partial charge in [0.05, 0.1) is 12.7 Å². The molecular weight excluding hydrogens is 202 g/mol. The normalized spacial score (nSPS) is 20.7. The molecular formula is C13H19NO2.